The number of anilines is 1. The molecule has 2 unspecified atom stereocenters. The van der Waals surface area contributed by atoms with Crippen LogP contribution in [0.15, 0.2) is 18.2 Å². The average molecular weight is 244 g/mol. The van der Waals surface area contributed by atoms with Crippen molar-refractivity contribution in [3.8, 4) is 6.07 Å². The number of nitriles is 1. The van der Waals surface area contributed by atoms with Crippen LogP contribution in [0, 0.1) is 18.3 Å². The Morgan fingerprint density at radius 3 is 2.89 bits per heavy atom. The van der Waals surface area contributed by atoms with Crippen LogP contribution >= 0.6 is 0 Å². The SMILES string of the molecule is Cc1ccc(C#N)cc1NC(=O)C1CCC(C)O1. The molecule has 18 heavy (non-hydrogen) atoms. The Morgan fingerprint density at radius 2 is 2.28 bits per heavy atom. The Balaban J connectivity index is 2.09. The second-order valence-corrected chi connectivity index (χ2v) is 4.64. The lowest BCUT2D eigenvalue weighted by atomic mass is 10.1. The molecule has 1 aromatic carbocycles. The van der Waals surface area contributed by atoms with E-state index in [1.165, 1.54) is 0 Å². The van der Waals surface area contributed by atoms with Gasteiger partial charge >= 0.3 is 0 Å². The van der Waals surface area contributed by atoms with Gasteiger partial charge in [-0.3, -0.25) is 4.79 Å². The van der Waals surface area contributed by atoms with Crippen molar-refractivity contribution in [3.63, 3.8) is 0 Å². The normalized spacial score (nSPS) is 22.5. The molecule has 94 valence electrons. The van der Waals surface area contributed by atoms with E-state index in [-0.39, 0.29) is 18.1 Å². The summed E-state index contributed by atoms with van der Waals surface area (Å²) in [5, 5.41) is 11.7. The van der Waals surface area contributed by atoms with E-state index in [1.807, 2.05) is 19.9 Å². The van der Waals surface area contributed by atoms with E-state index in [1.54, 1.807) is 12.1 Å². The highest BCUT2D eigenvalue weighted by Gasteiger charge is 2.28. The van der Waals surface area contributed by atoms with Crippen LogP contribution in [0.2, 0.25) is 0 Å². The lowest BCUT2D eigenvalue weighted by Crippen LogP contribution is -2.28. The summed E-state index contributed by atoms with van der Waals surface area (Å²) in [5.41, 5.74) is 2.16. The summed E-state index contributed by atoms with van der Waals surface area (Å²) in [4.78, 5) is 12.0. The molecule has 0 aliphatic carbocycles. The molecule has 0 aromatic heterocycles. The fourth-order valence-electron chi connectivity index (χ4n) is 2.03. The first-order valence-electron chi connectivity index (χ1n) is 6.07. The highest BCUT2D eigenvalue weighted by molar-refractivity contribution is 5.95. The maximum absolute atomic E-state index is 12.0. The Hall–Kier alpha value is -1.86. The Labute approximate surface area is 107 Å². The number of carbonyl (C=O) groups is 1. The van der Waals surface area contributed by atoms with E-state index in [2.05, 4.69) is 11.4 Å². The third-order valence-electron chi connectivity index (χ3n) is 3.15. The quantitative estimate of drug-likeness (QED) is 0.868. The van der Waals surface area contributed by atoms with Crippen molar-refractivity contribution in [2.45, 2.75) is 38.9 Å². The maximum Gasteiger partial charge on any atom is 0.253 e. The van der Waals surface area contributed by atoms with E-state index in [0.29, 0.717) is 11.3 Å². The van der Waals surface area contributed by atoms with Gasteiger partial charge in [0.25, 0.3) is 5.91 Å². The number of hydrogen-bond acceptors (Lipinski definition) is 3. The van der Waals surface area contributed by atoms with Gasteiger partial charge in [0.2, 0.25) is 0 Å². The van der Waals surface area contributed by atoms with Crippen LogP contribution in [-0.4, -0.2) is 18.1 Å². The highest BCUT2D eigenvalue weighted by atomic mass is 16.5. The fourth-order valence-corrected chi connectivity index (χ4v) is 2.03. The molecule has 2 rings (SSSR count). The molecule has 1 saturated heterocycles. The topological polar surface area (TPSA) is 62.1 Å². The standard InChI is InChI=1S/C14H16N2O2/c1-9-3-5-11(8-15)7-12(9)16-14(17)13-6-4-10(2)18-13/h3,5,7,10,13H,4,6H2,1-2H3,(H,16,17). The Kier molecular flexibility index (Phi) is 3.63. The van der Waals surface area contributed by atoms with Gasteiger partial charge in [0.15, 0.2) is 0 Å². The van der Waals surface area contributed by atoms with Gasteiger partial charge in [-0.15, -0.1) is 0 Å². The predicted molar refractivity (Wildman–Crippen MR) is 68.1 cm³/mol. The summed E-state index contributed by atoms with van der Waals surface area (Å²) in [6.07, 6.45) is 1.44. The molecule has 1 fully saturated rings. The molecule has 0 radical (unpaired) electrons. The summed E-state index contributed by atoms with van der Waals surface area (Å²) in [5.74, 6) is -0.127. The Morgan fingerprint density at radius 1 is 1.50 bits per heavy atom. The zero-order valence-corrected chi connectivity index (χ0v) is 10.6. The minimum absolute atomic E-state index is 0.127. The molecule has 1 aromatic rings. The van der Waals surface area contributed by atoms with Gasteiger partial charge in [0.1, 0.15) is 6.10 Å². The first kappa shape index (κ1) is 12.6. The molecule has 2 atom stereocenters. The minimum atomic E-state index is -0.370. The van der Waals surface area contributed by atoms with Crippen molar-refractivity contribution in [1.29, 1.82) is 5.26 Å². The lowest BCUT2D eigenvalue weighted by Gasteiger charge is -2.13. The molecular formula is C14H16N2O2. The van der Waals surface area contributed by atoms with E-state index < -0.39 is 0 Å². The molecule has 0 spiro atoms. The van der Waals surface area contributed by atoms with E-state index in [4.69, 9.17) is 10.00 Å². The van der Waals surface area contributed by atoms with Gasteiger partial charge in [0.05, 0.1) is 17.7 Å². The summed E-state index contributed by atoms with van der Waals surface area (Å²) in [6, 6.07) is 7.31. The highest BCUT2D eigenvalue weighted by Crippen LogP contribution is 2.22. The van der Waals surface area contributed by atoms with Crippen molar-refractivity contribution >= 4 is 11.6 Å². The molecule has 1 aliphatic rings. The van der Waals surface area contributed by atoms with Gasteiger partial charge < -0.3 is 10.1 Å². The van der Waals surface area contributed by atoms with Crippen molar-refractivity contribution in [3.05, 3.63) is 29.3 Å². The van der Waals surface area contributed by atoms with Crippen molar-refractivity contribution in [2.24, 2.45) is 0 Å². The average Bonchev–Trinajstić information content (AvgIpc) is 2.79. The number of hydrogen-bond donors (Lipinski definition) is 1. The molecule has 4 heteroatoms. The minimum Gasteiger partial charge on any atom is -0.365 e. The fraction of sp³-hybridized carbons (Fsp3) is 0.429. The molecule has 0 saturated carbocycles. The largest absolute Gasteiger partial charge is 0.365 e. The van der Waals surface area contributed by atoms with Crippen molar-refractivity contribution in [1.82, 2.24) is 0 Å². The first-order valence-corrected chi connectivity index (χ1v) is 6.07. The number of nitrogens with zero attached hydrogens (tertiary/aromatic N) is 1. The first-order chi connectivity index (χ1) is 8.60. The second-order valence-electron chi connectivity index (χ2n) is 4.64. The van der Waals surface area contributed by atoms with Gasteiger partial charge in [-0.1, -0.05) is 6.07 Å². The molecule has 1 N–H and O–H groups in total. The second kappa shape index (κ2) is 5.19. The summed E-state index contributed by atoms with van der Waals surface area (Å²) in [6.45, 7) is 3.86. The number of benzene rings is 1. The molecule has 1 amide bonds. The monoisotopic (exact) mass is 244 g/mol. The van der Waals surface area contributed by atoms with Gasteiger partial charge in [-0.2, -0.15) is 5.26 Å². The molecule has 1 aliphatic heterocycles. The van der Waals surface area contributed by atoms with E-state index in [0.717, 1.165) is 18.4 Å². The lowest BCUT2D eigenvalue weighted by molar-refractivity contribution is -0.126. The van der Waals surface area contributed by atoms with Crippen molar-refractivity contribution in [2.75, 3.05) is 5.32 Å². The third kappa shape index (κ3) is 2.69. The summed E-state index contributed by atoms with van der Waals surface area (Å²) < 4.78 is 5.51. The number of ether oxygens (including phenoxy) is 1. The van der Waals surface area contributed by atoms with Crippen LogP contribution in [0.3, 0.4) is 0 Å². The van der Waals surface area contributed by atoms with Gasteiger partial charge in [0, 0.05) is 5.69 Å². The molecule has 4 nitrogen and oxygen atoms in total. The number of rotatable bonds is 2. The predicted octanol–water partition coefficient (Wildman–Crippen LogP) is 2.37. The van der Waals surface area contributed by atoms with Gasteiger partial charge in [-0.05, 0) is 44.4 Å². The number of amides is 1. The number of carbonyl (C=O) groups excluding carboxylic acids is 1. The van der Waals surface area contributed by atoms with Gasteiger partial charge in [-0.25, -0.2) is 0 Å². The maximum atomic E-state index is 12.0. The van der Waals surface area contributed by atoms with E-state index in [9.17, 15) is 4.79 Å². The third-order valence-corrected chi connectivity index (χ3v) is 3.15. The molecular weight excluding hydrogens is 228 g/mol. The number of nitrogens with one attached hydrogen (secondary N) is 1. The van der Waals surface area contributed by atoms with E-state index >= 15 is 0 Å². The zero-order chi connectivity index (χ0) is 13.1. The Bertz CT molecular complexity index is 505. The van der Waals surface area contributed by atoms with Crippen LogP contribution in [0.5, 0.6) is 0 Å². The van der Waals surface area contributed by atoms with Crippen LogP contribution in [0.1, 0.15) is 30.9 Å². The van der Waals surface area contributed by atoms with Crippen molar-refractivity contribution < 1.29 is 9.53 Å². The number of aryl methyl sites for hydroxylation is 1. The van der Waals surface area contributed by atoms with Crippen LogP contribution in [0.25, 0.3) is 0 Å². The smallest absolute Gasteiger partial charge is 0.253 e. The summed E-state index contributed by atoms with van der Waals surface area (Å²) >= 11 is 0. The van der Waals surface area contributed by atoms with Crippen LogP contribution < -0.4 is 5.32 Å². The van der Waals surface area contributed by atoms with Crippen LogP contribution in [0.4, 0.5) is 5.69 Å². The molecule has 0 bridgehead atoms. The van der Waals surface area contributed by atoms with Crippen LogP contribution in [-0.2, 0) is 9.53 Å². The molecule has 1 heterocycles. The zero-order valence-electron chi connectivity index (χ0n) is 10.6. The summed E-state index contributed by atoms with van der Waals surface area (Å²) in [7, 11) is 0.